The summed E-state index contributed by atoms with van der Waals surface area (Å²) in [5.41, 5.74) is 3.87. The van der Waals surface area contributed by atoms with Crippen LogP contribution < -0.4 is 20.2 Å². The van der Waals surface area contributed by atoms with Crippen LogP contribution in [0.1, 0.15) is 32.3 Å². The minimum absolute atomic E-state index is 0.0375. The van der Waals surface area contributed by atoms with E-state index in [-0.39, 0.29) is 30.8 Å². The standard InChI is InChI=1S/C21H25N3O4/c1-15(2)28-19-6-4-5-16(13-19)14-22-24-21(26)12-11-20(25)23-17-7-9-18(27-3)10-8-17/h4-10,13-15H,11-12H2,1-3H3,(H,23,25)(H,24,26). The predicted octanol–water partition coefficient (Wildman–Crippen LogP) is 3.35. The topological polar surface area (TPSA) is 89.0 Å². The van der Waals surface area contributed by atoms with Gasteiger partial charge in [0.25, 0.3) is 0 Å². The second-order valence-corrected chi connectivity index (χ2v) is 6.31. The zero-order chi connectivity index (χ0) is 20.4. The molecule has 0 saturated heterocycles. The molecule has 0 bridgehead atoms. The van der Waals surface area contributed by atoms with Crippen molar-refractivity contribution in [2.24, 2.45) is 5.10 Å². The van der Waals surface area contributed by atoms with Gasteiger partial charge in [0.15, 0.2) is 0 Å². The number of anilines is 1. The Kier molecular flexibility index (Phi) is 8.02. The average Bonchev–Trinajstić information content (AvgIpc) is 2.67. The van der Waals surface area contributed by atoms with Crippen molar-refractivity contribution < 1.29 is 19.1 Å². The molecule has 2 aromatic rings. The SMILES string of the molecule is COc1ccc(NC(=O)CCC(=O)NN=Cc2cccc(OC(C)C)c2)cc1. The van der Waals surface area contributed by atoms with Gasteiger partial charge in [-0.05, 0) is 55.8 Å². The lowest BCUT2D eigenvalue weighted by molar-refractivity contribution is -0.124. The normalized spacial score (nSPS) is 10.7. The van der Waals surface area contributed by atoms with Crippen LogP contribution in [0, 0.1) is 0 Å². The first kappa shape index (κ1) is 21.0. The molecule has 0 fully saturated rings. The monoisotopic (exact) mass is 383 g/mol. The highest BCUT2D eigenvalue weighted by molar-refractivity contribution is 5.93. The van der Waals surface area contributed by atoms with Crippen molar-refractivity contribution in [2.45, 2.75) is 32.8 Å². The fourth-order valence-electron chi connectivity index (χ4n) is 2.30. The molecule has 7 heteroatoms. The second kappa shape index (κ2) is 10.7. The minimum atomic E-state index is -0.337. The fraction of sp³-hybridized carbons (Fsp3) is 0.286. The van der Waals surface area contributed by atoms with Crippen LogP contribution >= 0.6 is 0 Å². The van der Waals surface area contributed by atoms with Gasteiger partial charge in [-0.3, -0.25) is 9.59 Å². The van der Waals surface area contributed by atoms with Gasteiger partial charge in [0.2, 0.25) is 11.8 Å². The lowest BCUT2D eigenvalue weighted by Crippen LogP contribution is -2.20. The largest absolute Gasteiger partial charge is 0.497 e. The Balaban J connectivity index is 1.74. The molecule has 0 unspecified atom stereocenters. The van der Waals surface area contributed by atoms with Gasteiger partial charge in [-0.25, -0.2) is 5.43 Å². The highest BCUT2D eigenvalue weighted by atomic mass is 16.5. The first-order valence-corrected chi connectivity index (χ1v) is 8.99. The molecule has 148 valence electrons. The van der Waals surface area contributed by atoms with Crippen molar-refractivity contribution in [1.29, 1.82) is 0 Å². The lowest BCUT2D eigenvalue weighted by atomic mass is 10.2. The highest BCUT2D eigenvalue weighted by Gasteiger charge is 2.07. The number of carbonyl (C=O) groups excluding carboxylic acids is 2. The summed E-state index contributed by atoms with van der Waals surface area (Å²) >= 11 is 0. The van der Waals surface area contributed by atoms with Gasteiger partial charge in [-0.1, -0.05) is 12.1 Å². The Bertz CT molecular complexity index is 817. The minimum Gasteiger partial charge on any atom is -0.497 e. The van der Waals surface area contributed by atoms with E-state index in [2.05, 4.69) is 15.8 Å². The summed E-state index contributed by atoms with van der Waals surface area (Å²) < 4.78 is 10.7. The number of methoxy groups -OCH3 is 1. The summed E-state index contributed by atoms with van der Waals surface area (Å²) in [5, 5.41) is 6.64. The van der Waals surface area contributed by atoms with Crippen molar-refractivity contribution in [3.05, 3.63) is 54.1 Å². The number of benzene rings is 2. The summed E-state index contributed by atoms with van der Waals surface area (Å²) in [7, 11) is 1.57. The molecule has 0 aliphatic heterocycles. The summed E-state index contributed by atoms with van der Waals surface area (Å²) in [4.78, 5) is 23.8. The molecule has 0 atom stereocenters. The molecule has 0 aliphatic carbocycles. The third-order valence-corrected chi connectivity index (χ3v) is 3.59. The van der Waals surface area contributed by atoms with E-state index in [9.17, 15) is 9.59 Å². The molecule has 0 heterocycles. The van der Waals surface area contributed by atoms with Crippen LogP contribution in [0.5, 0.6) is 11.5 Å². The third-order valence-electron chi connectivity index (χ3n) is 3.59. The number of ether oxygens (including phenoxy) is 2. The Morgan fingerprint density at radius 3 is 2.43 bits per heavy atom. The number of nitrogens with one attached hydrogen (secondary N) is 2. The molecule has 0 radical (unpaired) electrons. The van der Waals surface area contributed by atoms with Crippen LogP contribution in [0.25, 0.3) is 0 Å². The molecule has 2 rings (SSSR count). The fourth-order valence-corrected chi connectivity index (χ4v) is 2.30. The molecule has 0 spiro atoms. The van der Waals surface area contributed by atoms with Crippen molar-refractivity contribution in [3.8, 4) is 11.5 Å². The average molecular weight is 383 g/mol. The highest BCUT2D eigenvalue weighted by Crippen LogP contribution is 2.15. The molecule has 0 aliphatic rings. The number of carbonyl (C=O) groups is 2. The molecule has 28 heavy (non-hydrogen) atoms. The number of amides is 2. The van der Waals surface area contributed by atoms with E-state index in [0.717, 1.165) is 11.3 Å². The van der Waals surface area contributed by atoms with Gasteiger partial charge in [-0.2, -0.15) is 5.10 Å². The molecular formula is C21H25N3O4. The van der Waals surface area contributed by atoms with Gasteiger partial charge >= 0.3 is 0 Å². The van der Waals surface area contributed by atoms with E-state index < -0.39 is 0 Å². The maximum absolute atomic E-state index is 11.9. The lowest BCUT2D eigenvalue weighted by Gasteiger charge is -2.09. The van der Waals surface area contributed by atoms with Crippen molar-refractivity contribution in [3.63, 3.8) is 0 Å². The van der Waals surface area contributed by atoms with Gasteiger partial charge in [-0.15, -0.1) is 0 Å². The van der Waals surface area contributed by atoms with E-state index in [1.165, 1.54) is 6.21 Å². The summed E-state index contributed by atoms with van der Waals surface area (Å²) in [5.74, 6) is 0.857. The maximum Gasteiger partial charge on any atom is 0.240 e. The third kappa shape index (κ3) is 7.49. The molecule has 2 amide bonds. The number of hydrogen-bond acceptors (Lipinski definition) is 5. The smallest absolute Gasteiger partial charge is 0.240 e. The number of nitrogens with zero attached hydrogens (tertiary/aromatic N) is 1. The van der Waals surface area contributed by atoms with Crippen LogP contribution in [0.15, 0.2) is 53.6 Å². The van der Waals surface area contributed by atoms with Crippen molar-refractivity contribution in [1.82, 2.24) is 5.43 Å². The van der Waals surface area contributed by atoms with Crippen molar-refractivity contribution in [2.75, 3.05) is 12.4 Å². The molecule has 0 aromatic heterocycles. The Morgan fingerprint density at radius 2 is 1.75 bits per heavy atom. The zero-order valence-corrected chi connectivity index (χ0v) is 16.3. The second-order valence-electron chi connectivity index (χ2n) is 6.31. The van der Waals surface area contributed by atoms with Crippen LogP contribution in [0.4, 0.5) is 5.69 Å². The van der Waals surface area contributed by atoms with E-state index in [1.807, 2.05) is 38.1 Å². The van der Waals surface area contributed by atoms with Gasteiger partial charge < -0.3 is 14.8 Å². The van der Waals surface area contributed by atoms with Gasteiger partial charge in [0.1, 0.15) is 11.5 Å². The summed E-state index contributed by atoms with van der Waals surface area (Å²) in [6, 6.07) is 14.4. The first-order chi connectivity index (χ1) is 13.5. The quantitative estimate of drug-likeness (QED) is 0.513. The Hall–Kier alpha value is -3.35. The number of hydrazone groups is 1. The summed E-state index contributed by atoms with van der Waals surface area (Å²) in [6.45, 7) is 3.90. The van der Waals surface area contributed by atoms with Crippen LogP contribution in [0.2, 0.25) is 0 Å². The summed E-state index contributed by atoms with van der Waals surface area (Å²) in [6.07, 6.45) is 1.71. The van der Waals surface area contributed by atoms with Crippen LogP contribution in [-0.2, 0) is 9.59 Å². The molecule has 2 N–H and O–H groups in total. The van der Waals surface area contributed by atoms with Crippen molar-refractivity contribution >= 4 is 23.7 Å². The molecular weight excluding hydrogens is 358 g/mol. The number of rotatable bonds is 9. The zero-order valence-electron chi connectivity index (χ0n) is 16.3. The Morgan fingerprint density at radius 1 is 1.04 bits per heavy atom. The van der Waals surface area contributed by atoms with E-state index in [1.54, 1.807) is 31.4 Å². The first-order valence-electron chi connectivity index (χ1n) is 8.99. The van der Waals surface area contributed by atoms with Gasteiger partial charge in [0.05, 0.1) is 19.4 Å². The number of hydrogen-bond donors (Lipinski definition) is 2. The van der Waals surface area contributed by atoms with E-state index >= 15 is 0 Å². The predicted molar refractivity (Wildman–Crippen MR) is 109 cm³/mol. The van der Waals surface area contributed by atoms with E-state index in [4.69, 9.17) is 9.47 Å². The van der Waals surface area contributed by atoms with Crippen LogP contribution in [-0.4, -0.2) is 31.2 Å². The maximum atomic E-state index is 11.9. The van der Waals surface area contributed by atoms with Gasteiger partial charge in [0, 0.05) is 18.5 Å². The van der Waals surface area contributed by atoms with E-state index in [0.29, 0.717) is 11.4 Å². The molecule has 7 nitrogen and oxygen atoms in total. The van der Waals surface area contributed by atoms with Crippen LogP contribution in [0.3, 0.4) is 0 Å². The molecule has 0 saturated carbocycles. The Labute approximate surface area is 164 Å². The molecule has 2 aromatic carbocycles.